The minimum Gasteiger partial charge on any atom is -0.374 e. The summed E-state index contributed by atoms with van der Waals surface area (Å²) in [6.07, 6.45) is -1.79. The third-order valence-corrected chi connectivity index (χ3v) is 12.5. The highest BCUT2D eigenvalue weighted by atomic mass is 32.2. The van der Waals surface area contributed by atoms with Crippen LogP contribution in [-0.4, -0.2) is 43.4 Å². The molecule has 6 aromatic carbocycles. The predicted molar refractivity (Wildman–Crippen MR) is 229 cm³/mol. The lowest BCUT2D eigenvalue weighted by Crippen LogP contribution is -2.58. The SMILES string of the molecule is Cc1ccc(S(=O)(=O)n2cc([C@@H]3O[C@H](COCc4ccccc4)[C@@H](OCc4ccccc4)[C@H](OCc4ccccc4)[C@H]3OCc3ccccc3)c3c(C)cccc32)cc1. The van der Waals surface area contributed by atoms with E-state index in [1.807, 2.05) is 166 Å². The quantitative estimate of drug-likeness (QED) is 0.0962. The summed E-state index contributed by atoms with van der Waals surface area (Å²) in [4.78, 5) is 0.195. The van der Waals surface area contributed by atoms with Gasteiger partial charge in [0.25, 0.3) is 10.0 Å². The Morgan fingerprint density at radius 3 is 1.58 bits per heavy atom. The number of hydrogen-bond acceptors (Lipinski definition) is 7. The van der Waals surface area contributed by atoms with Crippen LogP contribution in [-0.2, 0) is 60.1 Å². The molecule has 2 heterocycles. The maximum absolute atomic E-state index is 14.5. The summed E-state index contributed by atoms with van der Waals surface area (Å²) in [6.45, 7) is 5.33. The van der Waals surface area contributed by atoms with Gasteiger partial charge in [-0.15, -0.1) is 0 Å². The molecular weight excluding hydrogens is 759 g/mol. The zero-order valence-corrected chi connectivity index (χ0v) is 34.1. The van der Waals surface area contributed by atoms with Gasteiger partial charge in [-0.3, -0.25) is 0 Å². The number of aromatic nitrogens is 1. The van der Waals surface area contributed by atoms with Crippen molar-refractivity contribution in [2.75, 3.05) is 6.61 Å². The summed E-state index contributed by atoms with van der Waals surface area (Å²) in [5, 5.41) is 0.774. The van der Waals surface area contributed by atoms with E-state index in [-0.39, 0.29) is 24.7 Å². The average molecular weight is 808 g/mol. The van der Waals surface area contributed by atoms with E-state index in [1.54, 1.807) is 18.3 Å². The molecule has 302 valence electrons. The molecule has 8 rings (SSSR count). The van der Waals surface area contributed by atoms with Gasteiger partial charge in [0.05, 0.1) is 43.4 Å². The van der Waals surface area contributed by atoms with Crippen LogP contribution >= 0.6 is 0 Å². The summed E-state index contributed by atoms with van der Waals surface area (Å²) >= 11 is 0. The lowest BCUT2D eigenvalue weighted by molar-refractivity contribution is -0.274. The van der Waals surface area contributed by atoms with Gasteiger partial charge >= 0.3 is 0 Å². The number of ether oxygens (including phenoxy) is 5. The number of fused-ring (bicyclic) bond motifs is 1. The second kappa shape index (κ2) is 18.7. The molecule has 0 aliphatic carbocycles. The maximum Gasteiger partial charge on any atom is 0.268 e. The maximum atomic E-state index is 14.5. The topological polar surface area (TPSA) is 85.2 Å². The molecule has 0 N–H and O–H groups in total. The van der Waals surface area contributed by atoms with Crippen molar-refractivity contribution in [2.45, 2.75) is 75.7 Å². The first kappa shape index (κ1) is 40.4. The smallest absolute Gasteiger partial charge is 0.268 e. The summed E-state index contributed by atoms with van der Waals surface area (Å²) in [5.41, 5.74) is 7.10. The standard InChI is InChI=1S/C50H49NO7S/c1-36-26-28-42(29-27-36)59(52,53)51-30-43(46-37(2)16-15-25-44(46)51)47-49(56-33-40-21-11-5-12-22-40)50(57-34-41-23-13-6-14-24-41)48(55-32-39-19-9-4-10-20-39)45(58-47)35-54-31-38-17-7-3-8-18-38/h3-30,45,47-50H,31-35H2,1-2H3/t45-,47+,48-,49+,50+/m1/s1. The first-order valence-corrected chi connectivity index (χ1v) is 21.5. The number of hydrogen-bond donors (Lipinski definition) is 0. The van der Waals surface area contributed by atoms with Crippen molar-refractivity contribution in [3.63, 3.8) is 0 Å². The second-order valence-electron chi connectivity index (χ2n) is 15.0. The van der Waals surface area contributed by atoms with Crippen molar-refractivity contribution in [1.82, 2.24) is 3.97 Å². The fraction of sp³-hybridized carbons (Fsp3) is 0.240. The fourth-order valence-electron chi connectivity index (χ4n) is 7.75. The Bertz CT molecular complexity index is 2510. The summed E-state index contributed by atoms with van der Waals surface area (Å²) in [5.74, 6) is 0. The molecule has 0 unspecified atom stereocenters. The zero-order chi connectivity index (χ0) is 40.6. The molecule has 5 atom stereocenters. The lowest BCUT2D eigenvalue weighted by Gasteiger charge is -2.46. The normalized spacial score (nSPS) is 19.5. The molecule has 0 radical (unpaired) electrons. The van der Waals surface area contributed by atoms with E-state index in [1.165, 1.54) is 3.97 Å². The molecule has 1 saturated heterocycles. The van der Waals surface area contributed by atoms with E-state index in [2.05, 4.69) is 0 Å². The van der Waals surface area contributed by atoms with Crippen molar-refractivity contribution < 1.29 is 32.1 Å². The van der Waals surface area contributed by atoms with E-state index < -0.39 is 40.5 Å². The van der Waals surface area contributed by atoms with Crippen molar-refractivity contribution in [3.05, 3.63) is 209 Å². The van der Waals surface area contributed by atoms with Gasteiger partial charge in [0.15, 0.2) is 0 Å². The molecule has 1 fully saturated rings. The van der Waals surface area contributed by atoms with Gasteiger partial charge in [-0.25, -0.2) is 12.4 Å². The Morgan fingerprint density at radius 1 is 0.542 bits per heavy atom. The van der Waals surface area contributed by atoms with Crippen molar-refractivity contribution in [2.24, 2.45) is 0 Å². The van der Waals surface area contributed by atoms with Crippen molar-refractivity contribution >= 4 is 20.9 Å². The molecule has 7 aromatic rings. The van der Waals surface area contributed by atoms with Crippen LogP contribution in [0.3, 0.4) is 0 Å². The summed E-state index contributed by atoms with van der Waals surface area (Å²) in [6, 6.07) is 52.7. The number of rotatable bonds is 16. The minimum absolute atomic E-state index is 0.181. The molecule has 1 aliphatic rings. The Morgan fingerprint density at radius 2 is 1.03 bits per heavy atom. The minimum atomic E-state index is -4.02. The van der Waals surface area contributed by atoms with Gasteiger partial charge in [-0.05, 0) is 59.9 Å². The first-order valence-electron chi connectivity index (χ1n) is 20.0. The van der Waals surface area contributed by atoms with E-state index in [0.717, 1.165) is 38.8 Å². The third-order valence-electron chi connectivity index (χ3n) is 10.8. The molecular formula is C50H49NO7S. The molecule has 0 saturated carbocycles. The molecule has 0 spiro atoms. The third kappa shape index (κ3) is 9.42. The van der Waals surface area contributed by atoms with E-state index in [9.17, 15) is 8.42 Å². The van der Waals surface area contributed by atoms with Crippen LogP contribution in [0.2, 0.25) is 0 Å². The van der Waals surface area contributed by atoms with Crippen LogP contribution in [0.15, 0.2) is 175 Å². The number of nitrogens with zero attached hydrogens (tertiary/aromatic N) is 1. The lowest BCUT2D eigenvalue weighted by atomic mass is 9.89. The number of aryl methyl sites for hydroxylation is 2. The summed E-state index contributed by atoms with van der Waals surface area (Å²) in [7, 11) is -4.02. The monoisotopic (exact) mass is 807 g/mol. The molecule has 9 heteroatoms. The fourth-order valence-corrected chi connectivity index (χ4v) is 9.12. The van der Waals surface area contributed by atoms with Crippen LogP contribution in [0.1, 0.15) is 45.0 Å². The van der Waals surface area contributed by atoms with Gasteiger partial charge in [-0.1, -0.05) is 151 Å². The highest BCUT2D eigenvalue weighted by Crippen LogP contribution is 2.43. The second-order valence-corrected chi connectivity index (χ2v) is 16.9. The van der Waals surface area contributed by atoms with Crippen LogP contribution in [0.4, 0.5) is 0 Å². The Labute approximate surface area is 347 Å². The molecule has 59 heavy (non-hydrogen) atoms. The largest absolute Gasteiger partial charge is 0.374 e. The highest BCUT2D eigenvalue weighted by molar-refractivity contribution is 7.90. The highest BCUT2D eigenvalue weighted by Gasteiger charge is 2.50. The molecule has 1 aromatic heterocycles. The number of benzene rings is 6. The van der Waals surface area contributed by atoms with Gasteiger partial charge in [-0.2, -0.15) is 0 Å². The average Bonchev–Trinajstić information content (AvgIpc) is 3.68. The Kier molecular flexibility index (Phi) is 12.8. The Hall–Kier alpha value is -5.39. The predicted octanol–water partition coefficient (Wildman–Crippen LogP) is 9.91. The summed E-state index contributed by atoms with van der Waals surface area (Å²) < 4.78 is 65.0. The van der Waals surface area contributed by atoms with Gasteiger partial charge < -0.3 is 23.7 Å². The van der Waals surface area contributed by atoms with Gasteiger partial charge in [0.2, 0.25) is 0 Å². The zero-order valence-electron chi connectivity index (χ0n) is 33.3. The van der Waals surface area contributed by atoms with Gasteiger partial charge in [0, 0.05) is 17.1 Å². The van der Waals surface area contributed by atoms with Crippen LogP contribution in [0.5, 0.6) is 0 Å². The van der Waals surface area contributed by atoms with Crippen LogP contribution < -0.4 is 0 Å². The van der Waals surface area contributed by atoms with Crippen LogP contribution in [0.25, 0.3) is 10.9 Å². The van der Waals surface area contributed by atoms with E-state index in [0.29, 0.717) is 24.3 Å². The van der Waals surface area contributed by atoms with Crippen LogP contribution in [0, 0.1) is 13.8 Å². The van der Waals surface area contributed by atoms with Gasteiger partial charge in [0.1, 0.15) is 30.5 Å². The van der Waals surface area contributed by atoms with E-state index in [4.69, 9.17) is 23.7 Å². The van der Waals surface area contributed by atoms with E-state index >= 15 is 0 Å². The molecule has 0 amide bonds. The van der Waals surface area contributed by atoms with Crippen molar-refractivity contribution in [1.29, 1.82) is 0 Å². The molecule has 1 aliphatic heterocycles. The Balaban J connectivity index is 1.26. The molecule has 0 bridgehead atoms. The molecule has 8 nitrogen and oxygen atoms in total. The first-order chi connectivity index (χ1) is 28.8. The van der Waals surface area contributed by atoms with Crippen molar-refractivity contribution in [3.8, 4) is 0 Å².